The normalized spacial score (nSPS) is 11.6. The first-order valence-electron chi connectivity index (χ1n) is 7.08. The van der Waals surface area contributed by atoms with Crippen molar-refractivity contribution in [3.8, 4) is 11.8 Å². The predicted octanol–water partition coefficient (Wildman–Crippen LogP) is 3.22. The molecule has 1 aromatic carbocycles. The number of ether oxygens (including phenoxy) is 1. The molecule has 0 aliphatic rings. The topological polar surface area (TPSA) is 57.9 Å². The van der Waals surface area contributed by atoms with E-state index in [0.717, 1.165) is 23.3 Å². The Kier molecular flexibility index (Phi) is 5.74. The summed E-state index contributed by atoms with van der Waals surface area (Å²) >= 11 is 0. The van der Waals surface area contributed by atoms with Crippen LogP contribution in [0.15, 0.2) is 48.8 Å². The van der Waals surface area contributed by atoms with Gasteiger partial charge in [0.15, 0.2) is 0 Å². The van der Waals surface area contributed by atoms with E-state index in [0.29, 0.717) is 13.2 Å². The average Bonchev–Trinajstić information content (AvgIpc) is 2.55. The molecule has 0 aliphatic carbocycles. The van der Waals surface area contributed by atoms with Gasteiger partial charge in [0.25, 0.3) is 0 Å². The molecule has 0 aliphatic heterocycles. The Morgan fingerprint density at radius 2 is 2.24 bits per heavy atom. The molecular formula is C17H19N3O. The first-order valence-corrected chi connectivity index (χ1v) is 7.08. The molecule has 1 heterocycles. The van der Waals surface area contributed by atoms with Crippen molar-refractivity contribution in [3.63, 3.8) is 0 Å². The third-order valence-corrected chi connectivity index (χ3v) is 3.03. The fourth-order valence-corrected chi connectivity index (χ4v) is 1.96. The number of rotatable bonds is 7. The van der Waals surface area contributed by atoms with Crippen molar-refractivity contribution in [2.45, 2.75) is 25.9 Å². The van der Waals surface area contributed by atoms with Crippen LogP contribution in [0.25, 0.3) is 0 Å². The monoisotopic (exact) mass is 281 g/mol. The number of nitriles is 1. The first-order chi connectivity index (χ1) is 10.3. The molecule has 4 heteroatoms. The molecule has 0 spiro atoms. The maximum Gasteiger partial charge on any atom is 0.121 e. The molecule has 1 N–H and O–H groups in total. The van der Waals surface area contributed by atoms with E-state index in [1.807, 2.05) is 36.4 Å². The molecule has 4 nitrogen and oxygen atoms in total. The zero-order valence-corrected chi connectivity index (χ0v) is 12.1. The Bertz CT molecular complexity index is 592. The molecule has 1 unspecified atom stereocenters. The Hall–Kier alpha value is -2.38. The number of nitrogens with zero attached hydrogens (tertiary/aromatic N) is 2. The van der Waals surface area contributed by atoms with Crippen LogP contribution in [0.4, 0.5) is 0 Å². The first kappa shape index (κ1) is 15.0. The highest BCUT2D eigenvalue weighted by atomic mass is 16.5. The minimum absolute atomic E-state index is 0.365. The predicted molar refractivity (Wildman–Crippen MR) is 81.7 cm³/mol. The van der Waals surface area contributed by atoms with Gasteiger partial charge >= 0.3 is 0 Å². The van der Waals surface area contributed by atoms with Crippen molar-refractivity contribution in [2.24, 2.45) is 0 Å². The molecule has 0 saturated heterocycles. The Labute approximate surface area is 125 Å². The van der Waals surface area contributed by atoms with Crippen LogP contribution >= 0.6 is 0 Å². The maximum absolute atomic E-state index is 9.36. The molecular weight excluding hydrogens is 262 g/mol. The van der Waals surface area contributed by atoms with Crippen LogP contribution in [0.1, 0.15) is 30.5 Å². The van der Waals surface area contributed by atoms with Crippen LogP contribution in [0, 0.1) is 11.3 Å². The SMILES string of the molecule is CCCOc1cccc(C(C#N)NCc2cccnc2)c1. The summed E-state index contributed by atoms with van der Waals surface area (Å²) < 4.78 is 5.61. The Balaban J connectivity index is 2.02. The summed E-state index contributed by atoms with van der Waals surface area (Å²) in [4.78, 5) is 4.07. The summed E-state index contributed by atoms with van der Waals surface area (Å²) in [5.41, 5.74) is 1.96. The number of hydrogen-bond acceptors (Lipinski definition) is 4. The minimum Gasteiger partial charge on any atom is -0.494 e. The van der Waals surface area contributed by atoms with Crippen LogP contribution in [-0.2, 0) is 6.54 Å². The molecule has 0 saturated carbocycles. The lowest BCUT2D eigenvalue weighted by atomic mass is 10.1. The lowest BCUT2D eigenvalue weighted by molar-refractivity contribution is 0.317. The van der Waals surface area contributed by atoms with Gasteiger partial charge in [-0.2, -0.15) is 5.26 Å². The molecule has 0 fully saturated rings. The summed E-state index contributed by atoms with van der Waals surface area (Å²) in [6.07, 6.45) is 4.49. The molecule has 2 aromatic rings. The van der Waals surface area contributed by atoms with Gasteiger partial charge in [-0.15, -0.1) is 0 Å². The quantitative estimate of drug-likeness (QED) is 0.846. The van der Waals surface area contributed by atoms with Gasteiger partial charge in [0.1, 0.15) is 11.8 Å². The lowest BCUT2D eigenvalue weighted by Crippen LogP contribution is -2.19. The minimum atomic E-state index is -0.365. The zero-order valence-electron chi connectivity index (χ0n) is 12.1. The van der Waals surface area contributed by atoms with Crippen molar-refractivity contribution in [2.75, 3.05) is 6.61 Å². The second-order valence-electron chi connectivity index (χ2n) is 4.73. The van der Waals surface area contributed by atoms with Gasteiger partial charge < -0.3 is 4.74 Å². The van der Waals surface area contributed by atoms with Crippen LogP contribution in [0.2, 0.25) is 0 Å². The highest BCUT2D eigenvalue weighted by Crippen LogP contribution is 2.19. The molecule has 1 atom stereocenters. The van der Waals surface area contributed by atoms with E-state index in [2.05, 4.69) is 23.3 Å². The molecule has 21 heavy (non-hydrogen) atoms. The maximum atomic E-state index is 9.36. The van der Waals surface area contributed by atoms with Gasteiger partial charge in [0, 0.05) is 18.9 Å². The zero-order chi connectivity index (χ0) is 14.9. The fourth-order valence-electron chi connectivity index (χ4n) is 1.96. The molecule has 2 rings (SSSR count). The van der Waals surface area contributed by atoms with Gasteiger partial charge in [0.2, 0.25) is 0 Å². The van der Waals surface area contributed by atoms with Crippen LogP contribution in [-0.4, -0.2) is 11.6 Å². The van der Waals surface area contributed by atoms with E-state index in [1.165, 1.54) is 0 Å². The van der Waals surface area contributed by atoms with Gasteiger partial charge in [-0.25, -0.2) is 0 Å². The van der Waals surface area contributed by atoms with Crippen molar-refractivity contribution in [3.05, 3.63) is 59.9 Å². The number of aromatic nitrogens is 1. The lowest BCUT2D eigenvalue weighted by Gasteiger charge is -2.13. The van der Waals surface area contributed by atoms with Gasteiger partial charge in [0.05, 0.1) is 12.7 Å². The number of pyridine rings is 1. The molecule has 1 aromatic heterocycles. The number of nitrogens with one attached hydrogen (secondary N) is 1. The van der Waals surface area contributed by atoms with Gasteiger partial charge in [-0.05, 0) is 35.7 Å². The highest BCUT2D eigenvalue weighted by Gasteiger charge is 2.10. The summed E-state index contributed by atoms with van der Waals surface area (Å²) in [6.45, 7) is 3.35. The second kappa shape index (κ2) is 8.03. The van der Waals surface area contributed by atoms with Crippen molar-refractivity contribution in [1.29, 1.82) is 5.26 Å². The summed E-state index contributed by atoms with van der Waals surface area (Å²) in [7, 11) is 0. The van der Waals surface area contributed by atoms with Gasteiger partial charge in [-0.3, -0.25) is 10.3 Å². The molecule has 0 radical (unpaired) electrons. The van der Waals surface area contributed by atoms with Crippen LogP contribution in [0.3, 0.4) is 0 Å². The van der Waals surface area contributed by atoms with E-state index >= 15 is 0 Å². The van der Waals surface area contributed by atoms with Crippen LogP contribution in [0.5, 0.6) is 5.75 Å². The smallest absolute Gasteiger partial charge is 0.121 e. The van der Waals surface area contributed by atoms with Gasteiger partial charge in [-0.1, -0.05) is 25.1 Å². The summed E-state index contributed by atoms with van der Waals surface area (Å²) in [5.74, 6) is 0.803. The third-order valence-electron chi connectivity index (χ3n) is 3.03. The van der Waals surface area contributed by atoms with E-state index in [4.69, 9.17) is 4.74 Å². The third kappa shape index (κ3) is 4.59. The fraction of sp³-hybridized carbons (Fsp3) is 0.294. The Morgan fingerprint density at radius 1 is 1.33 bits per heavy atom. The van der Waals surface area contributed by atoms with E-state index < -0.39 is 0 Å². The summed E-state index contributed by atoms with van der Waals surface area (Å²) in [5, 5.41) is 12.6. The van der Waals surface area contributed by atoms with Crippen molar-refractivity contribution < 1.29 is 4.74 Å². The molecule has 108 valence electrons. The number of hydrogen-bond donors (Lipinski definition) is 1. The van der Waals surface area contributed by atoms with E-state index in [9.17, 15) is 5.26 Å². The van der Waals surface area contributed by atoms with E-state index in [-0.39, 0.29) is 6.04 Å². The van der Waals surface area contributed by atoms with Crippen molar-refractivity contribution >= 4 is 0 Å². The largest absolute Gasteiger partial charge is 0.494 e. The standard InChI is InChI=1S/C17H19N3O/c1-2-9-21-16-7-3-6-15(10-16)17(11-18)20-13-14-5-4-8-19-12-14/h3-8,10,12,17,20H,2,9,13H2,1H3. The number of benzene rings is 1. The van der Waals surface area contributed by atoms with E-state index in [1.54, 1.807) is 12.4 Å². The second-order valence-corrected chi connectivity index (χ2v) is 4.73. The highest BCUT2D eigenvalue weighted by molar-refractivity contribution is 5.33. The molecule has 0 bridgehead atoms. The Morgan fingerprint density at radius 3 is 2.95 bits per heavy atom. The summed E-state index contributed by atoms with van der Waals surface area (Å²) in [6, 6.07) is 13.5. The average molecular weight is 281 g/mol. The van der Waals surface area contributed by atoms with Crippen molar-refractivity contribution in [1.82, 2.24) is 10.3 Å². The van der Waals surface area contributed by atoms with Crippen LogP contribution < -0.4 is 10.1 Å². The molecule has 0 amide bonds.